The second-order valence-electron chi connectivity index (χ2n) is 5.43. The topological polar surface area (TPSA) is 47.8 Å². The minimum atomic E-state index is 0.193. The van der Waals surface area contributed by atoms with Gasteiger partial charge in [0.2, 0.25) is 0 Å². The lowest BCUT2D eigenvalue weighted by atomic mass is 10.0. The van der Waals surface area contributed by atoms with Gasteiger partial charge in [0.1, 0.15) is 0 Å². The zero-order chi connectivity index (χ0) is 16.7. The van der Waals surface area contributed by atoms with Gasteiger partial charge in [-0.3, -0.25) is 4.79 Å². The second-order valence-corrected chi connectivity index (χ2v) is 7.45. The van der Waals surface area contributed by atoms with Gasteiger partial charge in [0.05, 0.1) is 5.69 Å². The Balaban J connectivity index is 1.63. The first-order chi connectivity index (χ1) is 11.6. The molecule has 1 aliphatic heterocycles. The standard InChI is InChI=1S/C18H12BrN3OS/c1-11(12-2-3-13-9-18(23)24-16(13)8-12)15-6-7-22(21-15)17-5-4-14(19)10-20-17/h2-8,10H,1,9H2. The van der Waals surface area contributed by atoms with Crippen molar-refractivity contribution in [2.75, 3.05) is 0 Å². The summed E-state index contributed by atoms with van der Waals surface area (Å²) in [6.45, 7) is 4.16. The zero-order valence-corrected chi connectivity index (χ0v) is 15.0. The highest BCUT2D eigenvalue weighted by Crippen LogP contribution is 2.35. The molecular weight excluding hydrogens is 386 g/mol. The van der Waals surface area contributed by atoms with Crippen molar-refractivity contribution in [3.05, 3.63) is 76.7 Å². The van der Waals surface area contributed by atoms with Crippen LogP contribution in [0.4, 0.5) is 0 Å². The van der Waals surface area contributed by atoms with E-state index >= 15 is 0 Å². The summed E-state index contributed by atoms with van der Waals surface area (Å²) >= 11 is 4.67. The van der Waals surface area contributed by atoms with Gasteiger partial charge in [-0.05, 0) is 51.3 Å². The number of carbonyl (C=O) groups is 1. The van der Waals surface area contributed by atoms with Crippen LogP contribution in [0, 0.1) is 0 Å². The molecular formula is C18H12BrN3OS. The number of aromatic nitrogens is 3. The van der Waals surface area contributed by atoms with E-state index in [1.807, 2.05) is 42.6 Å². The van der Waals surface area contributed by atoms with Crippen LogP contribution in [0.25, 0.3) is 11.4 Å². The van der Waals surface area contributed by atoms with Gasteiger partial charge >= 0.3 is 0 Å². The van der Waals surface area contributed by atoms with Gasteiger partial charge in [0, 0.05) is 33.8 Å². The first-order valence-electron chi connectivity index (χ1n) is 7.31. The second kappa shape index (κ2) is 6.03. The number of pyridine rings is 1. The quantitative estimate of drug-likeness (QED) is 0.661. The molecule has 0 amide bonds. The molecule has 0 atom stereocenters. The Kier molecular flexibility index (Phi) is 3.86. The van der Waals surface area contributed by atoms with Gasteiger partial charge in [-0.25, -0.2) is 9.67 Å². The molecule has 0 spiro atoms. The maximum Gasteiger partial charge on any atom is 0.198 e. The SMILES string of the molecule is C=C(c1ccc2c(c1)SC(=O)C2)c1ccn(-c2ccc(Br)cn2)n1. The van der Waals surface area contributed by atoms with Crippen molar-refractivity contribution in [2.45, 2.75) is 11.3 Å². The van der Waals surface area contributed by atoms with Crippen molar-refractivity contribution in [3.8, 4) is 5.82 Å². The Morgan fingerprint density at radius 1 is 1.25 bits per heavy atom. The van der Waals surface area contributed by atoms with Crippen molar-refractivity contribution in [1.29, 1.82) is 0 Å². The number of nitrogens with zero attached hydrogens (tertiary/aromatic N) is 3. The van der Waals surface area contributed by atoms with E-state index in [1.54, 1.807) is 10.9 Å². The highest BCUT2D eigenvalue weighted by molar-refractivity contribution is 9.10. The third-order valence-electron chi connectivity index (χ3n) is 3.82. The van der Waals surface area contributed by atoms with Crippen LogP contribution in [-0.4, -0.2) is 19.9 Å². The molecule has 0 saturated heterocycles. The Hall–Kier alpha value is -2.18. The molecule has 118 valence electrons. The van der Waals surface area contributed by atoms with Crippen LogP contribution < -0.4 is 0 Å². The van der Waals surface area contributed by atoms with Gasteiger partial charge in [-0.15, -0.1) is 0 Å². The molecule has 6 heteroatoms. The van der Waals surface area contributed by atoms with Gasteiger partial charge in [0.15, 0.2) is 10.9 Å². The van der Waals surface area contributed by atoms with Crippen LogP contribution in [0.15, 0.2) is 64.7 Å². The first kappa shape index (κ1) is 15.4. The lowest BCUT2D eigenvalue weighted by molar-refractivity contribution is -0.110. The Labute approximate surface area is 151 Å². The molecule has 0 aliphatic carbocycles. The van der Waals surface area contributed by atoms with E-state index in [-0.39, 0.29) is 5.12 Å². The van der Waals surface area contributed by atoms with Crippen LogP contribution in [0.1, 0.15) is 16.8 Å². The van der Waals surface area contributed by atoms with Crippen LogP contribution in [0.5, 0.6) is 0 Å². The summed E-state index contributed by atoms with van der Waals surface area (Å²) in [5, 5.41) is 4.75. The highest BCUT2D eigenvalue weighted by atomic mass is 79.9. The number of fused-ring (bicyclic) bond motifs is 1. The monoisotopic (exact) mass is 397 g/mol. The minimum Gasteiger partial charge on any atom is -0.286 e. The number of halogens is 1. The number of thioether (sulfide) groups is 1. The van der Waals surface area contributed by atoms with E-state index in [1.165, 1.54) is 11.8 Å². The Morgan fingerprint density at radius 2 is 2.12 bits per heavy atom. The number of hydrogen-bond donors (Lipinski definition) is 0. The Morgan fingerprint density at radius 3 is 2.92 bits per heavy atom. The normalized spacial score (nSPS) is 13.1. The predicted octanol–water partition coefficient (Wildman–Crippen LogP) is 4.27. The molecule has 4 rings (SSSR count). The molecule has 0 unspecified atom stereocenters. The fourth-order valence-electron chi connectivity index (χ4n) is 2.56. The fraction of sp³-hybridized carbons (Fsp3) is 0.0556. The maximum atomic E-state index is 11.5. The fourth-order valence-corrected chi connectivity index (χ4v) is 3.73. The number of rotatable bonds is 3. The molecule has 0 saturated carbocycles. The predicted molar refractivity (Wildman–Crippen MR) is 98.2 cm³/mol. The number of benzene rings is 1. The smallest absolute Gasteiger partial charge is 0.198 e. The summed E-state index contributed by atoms with van der Waals surface area (Å²) in [7, 11) is 0. The van der Waals surface area contributed by atoms with E-state index < -0.39 is 0 Å². The average molecular weight is 398 g/mol. The van der Waals surface area contributed by atoms with Crippen LogP contribution in [0.3, 0.4) is 0 Å². The van der Waals surface area contributed by atoms with Crippen LogP contribution >= 0.6 is 27.7 Å². The lowest BCUT2D eigenvalue weighted by Gasteiger charge is -2.05. The van der Waals surface area contributed by atoms with E-state index in [4.69, 9.17) is 0 Å². The number of hydrogen-bond acceptors (Lipinski definition) is 4. The molecule has 0 N–H and O–H groups in total. The molecule has 3 heterocycles. The molecule has 24 heavy (non-hydrogen) atoms. The van der Waals surface area contributed by atoms with Crippen molar-refractivity contribution in [3.63, 3.8) is 0 Å². The molecule has 0 fully saturated rings. The first-order valence-corrected chi connectivity index (χ1v) is 8.92. The summed E-state index contributed by atoms with van der Waals surface area (Å²) in [5.41, 5.74) is 3.68. The molecule has 4 nitrogen and oxygen atoms in total. The van der Waals surface area contributed by atoms with Gasteiger partial charge < -0.3 is 0 Å². The highest BCUT2D eigenvalue weighted by Gasteiger charge is 2.20. The molecule has 1 aliphatic rings. The summed E-state index contributed by atoms with van der Waals surface area (Å²) < 4.78 is 2.65. The van der Waals surface area contributed by atoms with Crippen molar-refractivity contribution < 1.29 is 4.79 Å². The van der Waals surface area contributed by atoms with Crippen molar-refractivity contribution in [2.24, 2.45) is 0 Å². The summed E-state index contributed by atoms with van der Waals surface area (Å²) in [6.07, 6.45) is 4.11. The molecule has 0 radical (unpaired) electrons. The summed E-state index contributed by atoms with van der Waals surface area (Å²) in [6, 6.07) is 11.7. The van der Waals surface area contributed by atoms with E-state index in [0.29, 0.717) is 6.42 Å². The number of carbonyl (C=O) groups excluding carboxylic acids is 1. The third-order valence-corrected chi connectivity index (χ3v) is 5.26. The molecule has 3 aromatic rings. The van der Waals surface area contributed by atoms with E-state index in [2.05, 4.69) is 32.6 Å². The molecule has 2 aromatic heterocycles. The summed E-state index contributed by atoms with van der Waals surface area (Å²) in [5.74, 6) is 0.743. The van der Waals surface area contributed by atoms with Crippen LogP contribution in [0.2, 0.25) is 0 Å². The van der Waals surface area contributed by atoms with Gasteiger partial charge in [-0.2, -0.15) is 5.10 Å². The van der Waals surface area contributed by atoms with Crippen LogP contribution in [-0.2, 0) is 11.2 Å². The molecule has 1 aromatic carbocycles. The van der Waals surface area contributed by atoms with Crippen molar-refractivity contribution in [1.82, 2.24) is 14.8 Å². The zero-order valence-electron chi connectivity index (χ0n) is 12.6. The average Bonchev–Trinajstić information content (AvgIpc) is 3.20. The summed E-state index contributed by atoms with van der Waals surface area (Å²) in [4.78, 5) is 16.9. The van der Waals surface area contributed by atoms with Crippen molar-refractivity contribution >= 4 is 38.4 Å². The molecule has 0 bridgehead atoms. The van der Waals surface area contributed by atoms with Gasteiger partial charge in [0.25, 0.3) is 0 Å². The van der Waals surface area contributed by atoms with Gasteiger partial charge in [-0.1, -0.05) is 30.5 Å². The lowest BCUT2D eigenvalue weighted by Crippen LogP contribution is -1.98. The maximum absolute atomic E-state index is 11.5. The van der Waals surface area contributed by atoms with E-state index in [9.17, 15) is 4.79 Å². The van der Waals surface area contributed by atoms with E-state index in [0.717, 1.165) is 37.6 Å². The largest absolute Gasteiger partial charge is 0.286 e. The third kappa shape index (κ3) is 2.83. The minimum absolute atomic E-state index is 0.193. The Bertz CT molecular complexity index is 963.